The molecule has 0 amide bonds. The van der Waals surface area contributed by atoms with Gasteiger partial charge in [0, 0.05) is 23.5 Å². The second-order valence-corrected chi connectivity index (χ2v) is 7.68. The number of hydrogen-bond donors (Lipinski definition) is 0. The van der Waals surface area contributed by atoms with Gasteiger partial charge in [-0.25, -0.2) is 9.97 Å². The molecule has 0 aliphatic rings. The van der Waals surface area contributed by atoms with Gasteiger partial charge in [-0.05, 0) is 47.5 Å². The maximum Gasteiger partial charge on any atom is 0.119 e. The number of fused-ring (bicyclic) bond motifs is 2. The number of imidazole rings is 2. The summed E-state index contributed by atoms with van der Waals surface area (Å²) < 4.78 is 14.4. The smallest absolute Gasteiger partial charge is 0.119 e. The van der Waals surface area contributed by atoms with Crippen molar-refractivity contribution in [2.75, 3.05) is 14.2 Å². The van der Waals surface area contributed by atoms with Crippen molar-refractivity contribution in [1.29, 1.82) is 0 Å². The Balaban J connectivity index is 0.000000158. The predicted octanol–water partition coefficient (Wildman–Crippen LogP) is 7.05. The third kappa shape index (κ3) is 5.23. The summed E-state index contributed by atoms with van der Waals surface area (Å²) in [7, 11) is 3.35. The molecule has 0 unspecified atom stereocenters. The fourth-order valence-corrected chi connectivity index (χ4v) is 3.95. The molecule has 0 bridgehead atoms. The molecule has 6 heteroatoms. The van der Waals surface area contributed by atoms with Gasteiger partial charge >= 0.3 is 0 Å². The molecule has 4 aromatic heterocycles. The normalized spacial score (nSPS) is 10.2. The van der Waals surface area contributed by atoms with Crippen LogP contribution in [0.15, 0.2) is 110 Å². The lowest BCUT2D eigenvalue weighted by molar-refractivity contribution is 0.415. The Hall–Kier alpha value is -4.58. The topological polar surface area (TPSA) is 53.1 Å². The fraction of sp³-hybridized carbons (Fsp3) is 0.133. The van der Waals surface area contributed by atoms with Gasteiger partial charge in [-0.1, -0.05) is 50.2 Å². The van der Waals surface area contributed by atoms with Crippen molar-refractivity contribution in [2.45, 2.75) is 13.8 Å². The average Bonchev–Trinajstić information content (AvgIpc) is 3.64. The summed E-state index contributed by atoms with van der Waals surface area (Å²) in [5.41, 5.74) is 6.84. The van der Waals surface area contributed by atoms with Crippen LogP contribution in [0.25, 0.3) is 33.3 Å². The summed E-state index contributed by atoms with van der Waals surface area (Å²) in [4.78, 5) is 8.32. The minimum atomic E-state index is 0.865. The molecule has 0 aliphatic heterocycles. The molecule has 0 saturated carbocycles. The lowest BCUT2D eigenvalue weighted by Crippen LogP contribution is -1.87. The summed E-state index contributed by atoms with van der Waals surface area (Å²) in [5.74, 6) is 1.73. The van der Waals surface area contributed by atoms with Crippen molar-refractivity contribution in [3.63, 3.8) is 0 Å². The molecule has 6 rings (SSSR count). The van der Waals surface area contributed by atoms with Crippen LogP contribution in [0.4, 0.5) is 0 Å². The van der Waals surface area contributed by atoms with E-state index in [4.69, 9.17) is 9.47 Å². The summed E-state index contributed by atoms with van der Waals surface area (Å²) in [5, 5.41) is 0. The van der Waals surface area contributed by atoms with Gasteiger partial charge in [0.15, 0.2) is 0 Å². The number of rotatable bonds is 4. The first-order chi connectivity index (χ1) is 17.8. The zero-order valence-corrected chi connectivity index (χ0v) is 21.0. The first kappa shape index (κ1) is 24.5. The minimum Gasteiger partial charge on any atom is -0.497 e. The largest absolute Gasteiger partial charge is 0.497 e. The Morgan fingerprint density at radius 2 is 1.14 bits per heavy atom. The van der Waals surface area contributed by atoms with E-state index in [0.29, 0.717) is 0 Å². The Morgan fingerprint density at radius 1 is 0.583 bits per heavy atom. The molecular formula is C30H30N4O2. The van der Waals surface area contributed by atoms with E-state index in [-0.39, 0.29) is 0 Å². The highest BCUT2D eigenvalue weighted by Crippen LogP contribution is 2.27. The molecule has 36 heavy (non-hydrogen) atoms. The maximum atomic E-state index is 5.25. The number of ether oxygens (including phenoxy) is 2. The second kappa shape index (κ2) is 11.7. The highest BCUT2D eigenvalue weighted by Gasteiger charge is 2.05. The van der Waals surface area contributed by atoms with Gasteiger partial charge < -0.3 is 18.3 Å². The van der Waals surface area contributed by atoms with Crippen molar-refractivity contribution < 1.29 is 9.47 Å². The minimum absolute atomic E-state index is 0.865. The van der Waals surface area contributed by atoms with Crippen LogP contribution >= 0.6 is 0 Å². The van der Waals surface area contributed by atoms with Gasteiger partial charge in [-0.2, -0.15) is 0 Å². The summed E-state index contributed by atoms with van der Waals surface area (Å²) >= 11 is 0. The first-order valence-corrected chi connectivity index (χ1v) is 11.9. The van der Waals surface area contributed by atoms with Crippen LogP contribution < -0.4 is 9.47 Å². The standard InChI is InChI=1S/2C14H12N2O.C2H6/c1-17-12-5-2-4-11(8-12)13-6-3-7-16-10-15-9-14(13)16;1-17-12-6-4-11(5-7-12)13-3-2-8-16-10-15-9-14(13)16;1-2/h2*2-10H,1H3;1-2H3. The molecule has 0 spiro atoms. The van der Waals surface area contributed by atoms with Crippen LogP contribution in [-0.2, 0) is 0 Å². The van der Waals surface area contributed by atoms with Crippen molar-refractivity contribution in [2.24, 2.45) is 0 Å². The van der Waals surface area contributed by atoms with E-state index in [1.807, 2.05) is 96.2 Å². The SMILES string of the molecule is CC.COc1ccc(-c2cccn3cncc23)cc1.COc1cccc(-c2cccn3cncc23)c1. The van der Waals surface area contributed by atoms with Crippen molar-refractivity contribution in [3.8, 4) is 33.8 Å². The van der Waals surface area contributed by atoms with E-state index < -0.39 is 0 Å². The third-order valence-corrected chi connectivity index (χ3v) is 5.68. The molecule has 0 fully saturated rings. The van der Waals surface area contributed by atoms with E-state index in [1.54, 1.807) is 20.5 Å². The number of aromatic nitrogens is 4. The lowest BCUT2D eigenvalue weighted by Gasteiger charge is -2.06. The zero-order valence-electron chi connectivity index (χ0n) is 21.0. The lowest BCUT2D eigenvalue weighted by atomic mass is 10.1. The highest BCUT2D eigenvalue weighted by atomic mass is 16.5. The van der Waals surface area contributed by atoms with Crippen LogP contribution in [-0.4, -0.2) is 33.0 Å². The molecule has 0 atom stereocenters. The van der Waals surface area contributed by atoms with Crippen LogP contribution in [0.3, 0.4) is 0 Å². The second-order valence-electron chi connectivity index (χ2n) is 7.68. The Morgan fingerprint density at radius 3 is 1.69 bits per heavy atom. The molecule has 6 nitrogen and oxygen atoms in total. The molecule has 182 valence electrons. The van der Waals surface area contributed by atoms with Crippen LogP contribution in [0.2, 0.25) is 0 Å². The van der Waals surface area contributed by atoms with Crippen molar-refractivity contribution >= 4 is 11.0 Å². The van der Waals surface area contributed by atoms with Gasteiger partial charge in [0.25, 0.3) is 0 Å². The van der Waals surface area contributed by atoms with Crippen molar-refractivity contribution in [1.82, 2.24) is 18.8 Å². The third-order valence-electron chi connectivity index (χ3n) is 5.68. The highest BCUT2D eigenvalue weighted by molar-refractivity contribution is 5.81. The van der Waals surface area contributed by atoms with E-state index in [0.717, 1.165) is 39.2 Å². The number of methoxy groups -OCH3 is 2. The van der Waals surface area contributed by atoms with Gasteiger partial charge in [0.2, 0.25) is 0 Å². The zero-order chi connectivity index (χ0) is 25.3. The first-order valence-electron chi connectivity index (χ1n) is 11.9. The molecule has 0 aliphatic carbocycles. The molecule has 4 heterocycles. The van der Waals surface area contributed by atoms with Gasteiger partial charge in [0.05, 0.1) is 50.3 Å². The Bertz CT molecular complexity index is 1530. The molecule has 2 aromatic carbocycles. The van der Waals surface area contributed by atoms with Crippen LogP contribution in [0.1, 0.15) is 13.8 Å². The molecule has 6 aromatic rings. The fourth-order valence-electron chi connectivity index (χ4n) is 3.95. The van der Waals surface area contributed by atoms with E-state index in [9.17, 15) is 0 Å². The predicted molar refractivity (Wildman–Crippen MR) is 146 cm³/mol. The number of hydrogen-bond acceptors (Lipinski definition) is 4. The van der Waals surface area contributed by atoms with Crippen molar-refractivity contribution in [3.05, 3.63) is 110 Å². The van der Waals surface area contributed by atoms with Crippen LogP contribution in [0.5, 0.6) is 11.5 Å². The Kier molecular flexibility index (Phi) is 7.98. The molecule has 0 saturated heterocycles. The van der Waals surface area contributed by atoms with E-state index in [1.165, 1.54) is 5.56 Å². The summed E-state index contributed by atoms with van der Waals surface area (Å²) in [6, 6.07) is 24.3. The van der Waals surface area contributed by atoms with Gasteiger partial charge in [-0.15, -0.1) is 0 Å². The average molecular weight is 479 g/mol. The quantitative estimate of drug-likeness (QED) is 0.272. The maximum absolute atomic E-state index is 5.25. The van der Waals surface area contributed by atoms with E-state index >= 15 is 0 Å². The number of nitrogens with zero attached hydrogens (tertiary/aromatic N) is 4. The molecule has 0 N–H and O–H groups in total. The summed E-state index contributed by atoms with van der Waals surface area (Å²) in [6.45, 7) is 4.00. The van der Waals surface area contributed by atoms with E-state index in [2.05, 4.69) is 40.3 Å². The Labute approximate surface area is 211 Å². The van der Waals surface area contributed by atoms with Gasteiger partial charge in [-0.3, -0.25) is 0 Å². The molecule has 0 radical (unpaired) electrons. The number of benzene rings is 2. The van der Waals surface area contributed by atoms with Gasteiger partial charge in [0.1, 0.15) is 11.5 Å². The monoisotopic (exact) mass is 478 g/mol. The van der Waals surface area contributed by atoms with Crippen LogP contribution in [0, 0.1) is 0 Å². The number of pyridine rings is 2. The molecular weight excluding hydrogens is 448 g/mol. The summed E-state index contributed by atoms with van der Waals surface area (Å²) in [6.07, 6.45) is 11.3.